The molecule has 1 aromatic carbocycles. The Morgan fingerprint density at radius 2 is 2.08 bits per heavy atom. The van der Waals surface area contributed by atoms with Gasteiger partial charge in [-0.25, -0.2) is 0 Å². The lowest BCUT2D eigenvalue weighted by Gasteiger charge is -2.09. The Morgan fingerprint density at radius 3 is 2.62 bits per heavy atom. The summed E-state index contributed by atoms with van der Waals surface area (Å²) >= 11 is 11.6. The van der Waals surface area contributed by atoms with E-state index >= 15 is 0 Å². The maximum absolute atomic E-state index is 5.37. The second-order valence-corrected chi connectivity index (χ2v) is 4.61. The first kappa shape index (κ1) is 10.9. The van der Waals surface area contributed by atoms with E-state index in [2.05, 4.69) is 37.2 Å². The molecule has 0 unspecified atom stereocenters. The predicted molar refractivity (Wildman–Crippen MR) is 67.0 cm³/mol. The highest BCUT2D eigenvalue weighted by Gasteiger charge is 2.05. The van der Waals surface area contributed by atoms with E-state index in [0.717, 1.165) is 20.2 Å². The van der Waals surface area contributed by atoms with Crippen molar-refractivity contribution in [1.29, 1.82) is 0 Å². The minimum Gasteiger partial charge on any atom is -0.376 e. The molecule has 13 heavy (non-hydrogen) atoms. The van der Waals surface area contributed by atoms with Gasteiger partial charge in [0, 0.05) is 8.95 Å². The summed E-state index contributed by atoms with van der Waals surface area (Å²) in [5, 5.41) is 3.15. The SMILES string of the molecule is Cc1c(Br)ccc(NC(N)=S)c1Br. The highest BCUT2D eigenvalue weighted by molar-refractivity contribution is 9.11. The molecule has 0 aliphatic rings. The van der Waals surface area contributed by atoms with Gasteiger partial charge in [0.15, 0.2) is 5.11 Å². The molecule has 0 fully saturated rings. The smallest absolute Gasteiger partial charge is 0.168 e. The van der Waals surface area contributed by atoms with Gasteiger partial charge in [0.25, 0.3) is 0 Å². The minimum atomic E-state index is 0.266. The molecule has 1 rings (SSSR count). The zero-order chi connectivity index (χ0) is 10.0. The fraction of sp³-hybridized carbons (Fsp3) is 0.125. The number of hydrogen-bond acceptors (Lipinski definition) is 1. The van der Waals surface area contributed by atoms with Gasteiger partial charge in [-0.2, -0.15) is 0 Å². The summed E-state index contributed by atoms with van der Waals surface area (Å²) in [6.07, 6.45) is 0. The van der Waals surface area contributed by atoms with Gasteiger partial charge in [0.05, 0.1) is 5.69 Å². The summed E-state index contributed by atoms with van der Waals surface area (Å²) in [7, 11) is 0. The second kappa shape index (κ2) is 4.39. The van der Waals surface area contributed by atoms with Crippen molar-refractivity contribution in [2.75, 3.05) is 5.32 Å². The quantitative estimate of drug-likeness (QED) is 0.780. The molecule has 0 aliphatic carbocycles. The second-order valence-electron chi connectivity index (χ2n) is 2.52. The molecule has 0 aromatic heterocycles. The van der Waals surface area contributed by atoms with Gasteiger partial charge < -0.3 is 11.1 Å². The van der Waals surface area contributed by atoms with Crippen LogP contribution in [0.5, 0.6) is 0 Å². The largest absolute Gasteiger partial charge is 0.376 e. The van der Waals surface area contributed by atoms with Crippen LogP contribution in [0.4, 0.5) is 5.69 Å². The Labute approximate surface area is 99.1 Å². The molecule has 1 aromatic rings. The van der Waals surface area contributed by atoms with E-state index < -0.39 is 0 Å². The summed E-state index contributed by atoms with van der Waals surface area (Å²) in [5.74, 6) is 0. The molecule has 0 spiro atoms. The lowest BCUT2D eigenvalue weighted by Crippen LogP contribution is -2.19. The van der Waals surface area contributed by atoms with Gasteiger partial charge in [-0.3, -0.25) is 0 Å². The fourth-order valence-electron chi connectivity index (χ4n) is 0.891. The van der Waals surface area contributed by atoms with Crippen molar-refractivity contribution in [1.82, 2.24) is 0 Å². The monoisotopic (exact) mass is 322 g/mol. The lowest BCUT2D eigenvalue weighted by atomic mass is 10.2. The number of thiocarbonyl (C=S) groups is 1. The van der Waals surface area contributed by atoms with E-state index in [0.29, 0.717) is 0 Å². The Hall–Kier alpha value is -0.130. The van der Waals surface area contributed by atoms with Crippen molar-refractivity contribution < 1.29 is 0 Å². The van der Waals surface area contributed by atoms with Crippen LogP contribution < -0.4 is 11.1 Å². The van der Waals surface area contributed by atoms with Crippen LogP contribution in [0.3, 0.4) is 0 Å². The van der Waals surface area contributed by atoms with Crippen molar-refractivity contribution in [3.8, 4) is 0 Å². The van der Waals surface area contributed by atoms with Crippen molar-refractivity contribution >= 4 is 54.9 Å². The van der Waals surface area contributed by atoms with Crippen LogP contribution in [-0.4, -0.2) is 5.11 Å². The maximum Gasteiger partial charge on any atom is 0.168 e. The highest BCUT2D eigenvalue weighted by Crippen LogP contribution is 2.31. The fourth-order valence-corrected chi connectivity index (χ4v) is 2.04. The standard InChI is InChI=1S/C8H8Br2N2S/c1-4-5(9)2-3-6(7(4)10)12-8(11)13/h2-3H,1H3,(H3,11,12,13). The minimum absolute atomic E-state index is 0.266. The third-order valence-electron chi connectivity index (χ3n) is 1.58. The summed E-state index contributed by atoms with van der Waals surface area (Å²) in [5.41, 5.74) is 7.36. The molecule has 0 atom stereocenters. The average Bonchev–Trinajstić information content (AvgIpc) is 2.06. The Bertz CT molecular complexity index is 352. The summed E-state index contributed by atoms with van der Waals surface area (Å²) in [4.78, 5) is 0. The van der Waals surface area contributed by atoms with Crippen molar-refractivity contribution in [3.63, 3.8) is 0 Å². The zero-order valence-corrected chi connectivity index (χ0v) is 10.9. The molecule has 3 N–H and O–H groups in total. The Kier molecular flexibility index (Phi) is 3.70. The zero-order valence-electron chi connectivity index (χ0n) is 6.90. The molecular weight excluding hydrogens is 316 g/mol. The van der Waals surface area contributed by atoms with E-state index in [1.807, 2.05) is 19.1 Å². The van der Waals surface area contributed by atoms with Crippen LogP contribution >= 0.6 is 44.1 Å². The molecule has 5 heteroatoms. The van der Waals surface area contributed by atoms with Crippen LogP contribution in [0.2, 0.25) is 0 Å². The first-order chi connectivity index (χ1) is 6.02. The van der Waals surface area contributed by atoms with E-state index in [-0.39, 0.29) is 5.11 Å². The first-order valence-electron chi connectivity index (χ1n) is 3.53. The maximum atomic E-state index is 5.37. The van der Waals surface area contributed by atoms with Gasteiger partial charge in [0.1, 0.15) is 0 Å². The van der Waals surface area contributed by atoms with Crippen LogP contribution in [-0.2, 0) is 0 Å². The van der Waals surface area contributed by atoms with Gasteiger partial charge in [-0.05, 0) is 52.8 Å². The van der Waals surface area contributed by atoms with Gasteiger partial charge in [-0.15, -0.1) is 0 Å². The molecule has 0 amide bonds. The Morgan fingerprint density at radius 1 is 1.46 bits per heavy atom. The van der Waals surface area contributed by atoms with Crippen LogP contribution in [0.25, 0.3) is 0 Å². The number of nitrogens with two attached hydrogens (primary N) is 1. The molecule has 0 saturated heterocycles. The number of halogens is 2. The third-order valence-corrected chi connectivity index (χ3v) is 3.56. The molecule has 2 nitrogen and oxygen atoms in total. The summed E-state index contributed by atoms with van der Waals surface area (Å²) in [6, 6.07) is 3.85. The topological polar surface area (TPSA) is 38.0 Å². The lowest BCUT2D eigenvalue weighted by molar-refractivity contribution is 1.39. The van der Waals surface area contributed by atoms with E-state index in [9.17, 15) is 0 Å². The molecular formula is C8H8Br2N2S. The van der Waals surface area contributed by atoms with E-state index in [1.165, 1.54) is 0 Å². The number of anilines is 1. The number of rotatable bonds is 1. The Balaban J connectivity index is 3.10. The molecule has 0 heterocycles. The van der Waals surface area contributed by atoms with Crippen LogP contribution in [0.15, 0.2) is 21.1 Å². The number of hydrogen-bond donors (Lipinski definition) is 2. The summed E-state index contributed by atoms with van der Waals surface area (Å²) < 4.78 is 2.02. The van der Waals surface area contributed by atoms with Crippen LogP contribution in [0, 0.1) is 6.92 Å². The molecule has 70 valence electrons. The van der Waals surface area contributed by atoms with Crippen molar-refractivity contribution in [2.24, 2.45) is 5.73 Å². The average molecular weight is 324 g/mol. The van der Waals surface area contributed by atoms with E-state index in [4.69, 9.17) is 18.0 Å². The predicted octanol–water partition coefficient (Wildman–Crippen LogP) is 3.18. The van der Waals surface area contributed by atoms with Gasteiger partial charge in [0.2, 0.25) is 0 Å². The van der Waals surface area contributed by atoms with Gasteiger partial charge >= 0.3 is 0 Å². The molecule has 0 aliphatic heterocycles. The molecule has 0 bridgehead atoms. The molecule has 0 saturated carbocycles. The molecule has 0 radical (unpaired) electrons. The number of nitrogens with one attached hydrogen (secondary N) is 1. The van der Waals surface area contributed by atoms with Crippen molar-refractivity contribution in [2.45, 2.75) is 6.92 Å². The number of benzene rings is 1. The summed E-state index contributed by atoms with van der Waals surface area (Å²) in [6.45, 7) is 2.00. The van der Waals surface area contributed by atoms with Crippen molar-refractivity contribution in [3.05, 3.63) is 26.6 Å². The van der Waals surface area contributed by atoms with E-state index in [1.54, 1.807) is 0 Å². The normalized spacial score (nSPS) is 9.77. The third kappa shape index (κ3) is 2.65. The van der Waals surface area contributed by atoms with Gasteiger partial charge in [-0.1, -0.05) is 15.9 Å². The first-order valence-corrected chi connectivity index (χ1v) is 5.53. The van der Waals surface area contributed by atoms with Crippen LogP contribution in [0.1, 0.15) is 5.56 Å². The highest BCUT2D eigenvalue weighted by atomic mass is 79.9.